The zero-order valence-corrected chi connectivity index (χ0v) is 15.7. The molecule has 0 aromatic heterocycles. The van der Waals surface area contributed by atoms with Crippen molar-refractivity contribution in [1.82, 2.24) is 0 Å². The van der Waals surface area contributed by atoms with E-state index in [1.165, 1.54) is 6.92 Å². The molecule has 1 rings (SSSR count). The molecule has 1 aromatic carbocycles. The van der Waals surface area contributed by atoms with Gasteiger partial charge in [-0.05, 0) is 56.2 Å². The Bertz CT molecular complexity index is 552. The summed E-state index contributed by atoms with van der Waals surface area (Å²) in [7, 11) is 0. The van der Waals surface area contributed by atoms with Crippen LogP contribution in [0.5, 0.6) is 5.75 Å². The number of carbonyl (C=O) groups excluding carboxylic acids is 2. The molecular formula is C20H30O5. The zero-order chi connectivity index (χ0) is 18.9. The highest BCUT2D eigenvalue weighted by atomic mass is 16.5. The summed E-state index contributed by atoms with van der Waals surface area (Å²) in [5, 5.41) is 8.78. The van der Waals surface area contributed by atoms with E-state index in [1.54, 1.807) is 12.1 Å². The number of aliphatic hydroxyl groups excluding tert-OH is 1. The van der Waals surface area contributed by atoms with Crippen molar-refractivity contribution in [3.8, 4) is 5.75 Å². The SMILES string of the molecule is CCC(C)(CC(C)c1ccc(OC(C)=O)cc1)C(=O)OCCCCO. The molecule has 5 heteroatoms. The number of hydrogen-bond acceptors (Lipinski definition) is 5. The second-order valence-electron chi connectivity index (χ2n) is 6.75. The largest absolute Gasteiger partial charge is 0.465 e. The summed E-state index contributed by atoms with van der Waals surface area (Å²) in [6.45, 7) is 7.84. The Balaban J connectivity index is 2.68. The summed E-state index contributed by atoms with van der Waals surface area (Å²) in [5.74, 6) is 0.158. The van der Waals surface area contributed by atoms with E-state index in [1.807, 2.05) is 26.0 Å². The van der Waals surface area contributed by atoms with Crippen molar-refractivity contribution in [2.75, 3.05) is 13.2 Å². The number of ether oxygens (including phenoxy) is 2. The van der Waals surface area contributed by atoms with E-state index < -0.39 is 5.41 Å². The van der Waals surface area contributed by atoms with Crippen molar-refractivity contribution in [2.45, 2.75) is 59.3 Å². The van der Waals surface area contributed by atoms with E-state index in [0.29, 0.717) is 38.0 Å². The van der Waals surface area contributed by atoms with Crippen molar-refractivity contribution >= 4 is 11.9 Å². The van der Waals surface area contributed by atoms with Gasteiger partial charge in [-0.1, -0.05) is 26.0 Å². The van der Waals surface area contributed by atoms with Gasteiger partial charge in [0.05, 0.1) is 12.0 Å². The highest BCUT2D eigenvalue weighted by Crippen LogP contribution is 2.36. The monoisotopic (exact) mass is 350 g/mol. The number of esters is 2. The Hall–Kier alpha value is -1.88. The van der Waals surface area contributed by atoms with E-state index in [0.717, 1.165) is 5.56 Å². The van der Waals surface area contributed by atoms with E-state index in [-0.39, 0.29) is 24.5 Å². The number of aliphatic hydroxyl groups is 1. The first-order valence-corrected chi connectivity index (χ1v) is 8.89. The lowest BCUT2D eigenvalue weighted by Crippen LogP contribution is -2.31. The fourth-order valence-corrected chi connectivity index (χ4v) is 2.75. The minimum Gasteiger partial charge on any atom is -0.465 e. The molecule has 25 heavy (non-hydrogen) atoms. The molecule has 0 aliphatic rings. The average Bonchev–Trinajstić information content (AvgIpc) is 2.58. The molecule has 0 saturated carbocycles. The van der Waals surface area contributed by atoms with Crippen molar-refractivity contribution in [3.05, 3.63) is 29.8 Å². The minimum absolute atomic E-state index is 0.114. The van der Waals surface area contributed by atoms with E-state index in [2.05, 4.69) is 6.92 Å². The van der Waals surface area contributed by atoms with Gasteiger partial charge < -0.3 is 14.6 Å². The standard InChI is InChI=1S/C20H30O5/c1-5-20(4,19(23)24-13-7-6-12-21)14-15(2)17-8-10-18(11-9-17)25-16(3)22/h8-11,15,21H,5-7,12-14H2,1-4H3. The van der Waals surface area contributed by atoms with Crippen LogP contribution in [0.1, 0.15) is 64.9 Å². The lowest BCUT2D eigenvalue weighted by Gasteiger charge is -2.29. The molecule has 0 aliphatic heterocycles. The third kappa shape index (κ3) is 6.86. The molecule has 1 N–H and O–H groups in total. The molecule has 2 atom stereocenters. The highest BCUT2D eigenvalue weighted by Gasteiger charge is 2.34. The molecule has 0 spiro atoms. The van der Waals surface area contributed by atoms with Gasteiger partial charge in [-0.15, -0.1) is 0 Å². The van der Waals surface area contributed by atoms with Crippen LogP contribution in [0.25, 0.3) is 0 Å². The Morgan fingerprint density at radius 2 is 1.84 bits per heavy atom. The Morgan fingerprint density at radius 1 is 1.20 bits per heavy atom. The van der Waals surface area contributed by atoms with Crippen LogP contribution in [-0.4, -0.2) is 30.3 Å². The van der Waals surface area contributed by atoms with Gasteiger partial charge in [0.2, 0.25) is 0 Å². The van der Waals surface area contributed by atoms with Crippen molar-refractivity contribution < 1.29 is 24.2 Å². The molecule has 0 amide bonds. The first kappa shape index (κ1) is 21.2. The smallest absolute Gasteiger partial charge is 0.311 e. The quantitative estimate of drug-likeness (QED) is 0.394. The third-order valence-electron chi connectivity index (χ3n) is 4.53. The molecular weight excluding hydrogens is 320 g/mol. The van der Waals surface area contributed by atoms with Crippen LogP contribution in [0.4, 0.5) is 0 Å². The van der Waals surface area contributed by atoms with Crippen LogP contribution >= 0.6 is 0 Å². The van der Waals surface area contributed by atoms with Crippen molar-refractivity contribution in [1.29, 1.82) is 0 Å². The second-order valence-corrected chi connectivity index (χ2v) is 6.75. The van der Waals surface area contributed by atoms with Crippen LogP contribution in [0.15, 0.2) is 24.3 Å². The number of carbonyl (C=O) groups is 2. The lowest BCUT2D eigenvalue weighted by atomic mass is 9.77. The average molecular weight is 350 g/mol. The predicted octanol–water partition coefficient (Wildman–Crippen LogP) is 3.84. The Labute approximate surface area is 150 Å². The van der Waals surface area contributed by atoms with Gasteiger partial charge in [-0.25, -0.2) is 0 Å². The van der Waals surface area contributed by atoms with Crippen LogP contribution in [0.2, 0.25) is 0 Å². The summed E-state index contributed by atoms with van der Waals surface area (Å²) in [6, 6.07) is 7.38. The molecule has 0 heterocycles. The zero-order valence-electron chi connectivity index (χ0n) is 15.7. The van der Waals surface area contributed by atoms with Gasteiger partial charge in [0.1, 0.15) is 5.75 Å². The second kappa shape index (κ2) is 10.2. The van der Waals surface area contributed by atoms with Crippen LogP contribution in [0, 0.1) is 5.41 Å². The normalized spacial score (nSPS) is 14.4. The van der Waals surface area contributed by atoms with Gasteiger partial charge >= 0.3 is 11.9 Å². The van der Waals surface area contributed by atoms with E-state index in [4.69, 9.17) is 14.6 Å². The maximum Gasteiger partial charge on any atom is 0.311 e. The molecule has 0 radical (unpaired) electrons. The number of rotatable bonds is 10. The summed E-state index contributed by atoms with van der Waals surface area (Å²) in [4.78, 5) is 23.4. The molecule has 0 saturated heterocycles. The minimum atomic E-state index is -0.548. The van der Waals surface area contributed by atoms with Crippen molar-refractivity contribution in [3.63, 3.8) is 0 Å². The maximum absolute atomic E-state index is 12.5. The van der Waals surface area contributed by atoms with Crippen LogP contribution < -0.4 is 4.74 Å². The summed E-state index contributed by atoms with van der Waals surface area (Å²) in [6.07, 6.45) is 2.69. The molecule has 2 unspecified atom stereocenters. The lowest BCUT2D eigenvalue weighted by molar-refractivity contribution is -0.156. The number of unbranched alkanes of at least 4 members (excludes halogenated alkanes) is 1. The molecule has 0 fully saturated rings. The van der Waals surface area contributed by atoms with Gasteiger partial charge in [-0.3, -0.25) is 9.59 Å². The maximum atomic E-state index is 12.5. The van der Waals surface area contributed by atoms with E-state index in [9.17, 15) is 9.59 Å². The predicted molar refractivity (Wildman–Crippen MR) is 96.5 cm³/mol. The van der Waals surface area contributed by atoms with Gasteiger partial charge in [0.15, 0.2) is 0 Å². The van der Waals surface area contributed by atoms with Crippen LogP contribution in [-0.2, 0) is 14.3 Å². The fraction of sp³-hybridized carbons (Fsp3) is 0.600. The number of hydrogen-bond donors (Lipinski definition) is 1. The fourth-order valence-electron chi connectivity index (χ4n) is 2.75. The van der Waals surface area contributed by atoms with Crippen molar-refractivity contribution in [2.24, 2.45) is 5.41 Å². The number of benzene rings is 1. The molecule has 5 nitrogen and oxygen atoms in total. The van der Waals surface area contributed by atoms with Gasteiger partial charge in [0, 0.05) is 13.5 Å². The molecule has 1 aromatic rings. The Kier molecular flexibility index (Phi) is 8.62. The third-order valence-corrected chi connectivity index (χ3v) is 4.53. The molecule has 0 aliphatic carbocycles. The summed E-state index contributed by atoms with van der Waals surface area (Å²) < 4.78 is 10.4. The summed E-state index contributed by atoms with van der Waals surface area (Å²) >= 11 is 0. The van der Waals surface area contributed by atoms with Crippen LogP contribution in [0.3, 0.4) is 0 Å². The topological polar surface area (TPSA) is 72.8 Å². The first-order valence-electron chi connectivity index (χ1n) is 8.89. The Morgan fingerprint density at radius 3 is 2.36 bits per heavy atom. The molecule has 140 valence electrons. The summed E-state index contributed by atoms with van der Waals surface area (Å²) in [5.41, 5.74) is 0.538. The van der Waals surface area contributed by atoms with Gasteiger partial charge in [-0.2, -0.15) is 0 Å². The van der Waals surface area contributed by atoms with E-state index >= 15 is 0 Å². The highest BCUT2D eigenvalue weighted by molar-refractivity contribution is 5.76. The molecule has 0 bridgehead atoms. The van der Waals surface area contributed by atoms with Gasteiger partial charge in [0.25, 0.3) is 0 Å². The first-order chi connectivity index (χ1) is 11.8.